The summed E-state index contributed by atoms with van der Waals surface area (Å²) in [5.41, 5.74) is -0.239. The van der Waals surface area contributed by atoms with E-state index in [-0.39, 0.29) is 11.1 Å². The van der Waals surface area contributed by atoms with Gasteiger partial charge in [-0.05, 0) is 40.2 Å². The van der Waals surface area contributed by atoms with E-state index in [1.807, 2.05) is 32.7 Å². The molecule has 0 spiro atoms. The Balaban J connectivity index is 2.17. The maximum absolute atomic E-state index is 12.5. The van der Waals surface area contributed by atoms with Gasteiger partial charge in [0.15, 0.2) is 5.82 Å². The Morgan fingerprint density at radius 3 is 2.80 bits per heavy atom. The maximum Gasteiger partial charge on any atom is 0.293 e. The van der Waals surface area contributed by atoms with Crippen molar-refractivity contribution in [2.24, 2.45) is 0 Å². The Morgan fingerprint density at radius 1 is 1.45 bits per heavy atom. The molecule has 5 heteroatoms. The fraction of sp³-hybridized carbons (Fsp3) is 0.733. The van der Waals surface area contributed by atoms with Crippen molar-refractivity contribution in [3.63, 3.8) is 0 Å². The first-order valence-electron chi connectivity index (χ1n) is 7.42. The topological polar surface area (TPSA) is 50.2 Å². The van der Waals surface area contributed by atoms with E-state index in [2.05, 4.69) is 10.3 Å². The van der Waals surface area contributed by atoms with Gasteiger partial charge in [0.1, 0.15) is 0 Å². The van der Waals surface area contributed by atoms with Crippen molar-refractivity contribution in [2.75, 3.05) is 25.0 Å². The smallest absolute Gasteiger partial charge is 0.293 e. The van der Waals surface area contributed by atoms with Crippen LogP contribution >= 0.6 is 0 Å². The summed E-state index contributed by atoms with van der Waals surface area (Å²) in [5.74, 6) is 0.537. The minimum atomic E-state index is -0.224. The van der Waals surface area contributed by atoms with Crippen LogP contribution in [-0.2, 0) is 5.54 Å². The van der Waals surface area contributed by atoms with Gasteiger partial charge in [-0.25, -0.2) is 4.98 Å². The summed E-state index contributed by atoms with van der Waals surface area (Å²) in [6.45, 7) is 7.99. The van der Waals surface area contributed by atoms with Gasteiger partial charge in [-0.15, -0.1) is 0 Å². The van der Waals surface area contributed by atoms with E-state index in [1.165, 1.54) is 19.3 Å². The lowest BCUT2D eigenvalue weighted by Gasteiger charge is -2.29. The van der Waals surface area contributed by atoms with Crippen molar-refractivity contribution in [1.29, 1.82) is 0 Å². The first-order chi connectivity index (χ1) is 9.39. The molecular formula is C15H26N4O. The number of rotatable bonds is 3. The average Bonchev–Trinajstić information content (AvgIpc) is 2.38. The van der Waals surface area contributed by atoms with Crippen LogP contribution in [0.25, 0.3) is 0 Å². The third kappa shape index (κ3) is 3.39. The first kappa shape index (κ1) is 15.0. The quantitative estimate of drug-likeness (QED) is 0.912. The summed E-state index contributed by atoms with van der Waals surface area (Å²) < 4.78 is 1.75. The summed E-state index contributed by atoms with van der Waals surface area (Å²) in [5, 5.41) is 3.51. The van der Waals surface area contributed by atoms with Crippen LogP contribution < -0.4 is 15.8 Å². The highest BCUT2D eigenvalue weighted by Gasteiger charge is 2.20. The standard InChI is InChI=1S/C15H26N4O/c1-15(2,3)19-10-9-17-13(14(19)20)18(4)11-12-7-5-6-8-16-12/h9-10,12,16H,5-8,11H2,1-4H3. The van der Waals surface area contributed by atoms with Gasteiger partial charge in [0.25, 0.3) is 5.56 Å². The van der Waals surface area contributed by atoms with Crippen LogP contribution in [0.4, 0.5) is 5.82 Å². The molecule has 0 aromatic carbocycles. The zero-order valence-electron chi connectivity index (χ0n) is 13.0. The van der Waals surface area contributed by atoms with Crippen molar-refractivity contribution in [3.05, 3.63) is 22.7 Å². The monoisotopic (exact) mass is 278 g/mol. The van der Waals surface area contributed by atoms with Gasteiger partial charge in [-0.3, -0.25) is 4.79 Å². The second-order valence-electron chi connectivity index (χ2n) is 6.62. The van der Waals surface area contributed by atoms with Gasteiger partial charge in [0.05, 0.1) is 0 Å². The zero-order chi connectivity index (χ0) is 14.8. The number of nitrogens with one attached hydrogen (secondary N) is 1. The van der Waals surface area contributed by atoms with Gasteiger partial charge in [0.2, 0.25) is 0 Å². The van der Waals surface area contributed by atoms with Crippen LogP contribution in [-0.4, -0.2) is 35.7 Å². The molecule has 0 bridgehead atoms. The van der Waals surface area contributed by atoms with Gasteiger partial charge >= 0.3 is 0 Å². The van der Waals surface area contributed by atoms with Crippen molar-refractivity contribution >= 4 is 5.82 Å². The Kier molecular flexibility index (Phi) is 4.48. The summed E-state index contributed by atoms with van der Waals surface area (Å²) in [4.78, 5) is 18.8. The van der Waals surface area contributed by atoms with Crippen LogP contribution in [0.1, 0.15) is 40.0 Å². The van der Waals surface area contributed by atoms with Crippen LogP contribution in [0, 0.1) is 0 Å². The fourth-order valence-corrected chi connectivity index (χ4v) is 2.69. The highest BCUT2D eigenvalue weighted by atomic mass is 16.1. The lowest BCUT2D eigenvalue weighted by atomic mass is 10.0. The molecule has 20 heavy (non-hydrogen) atoms. The molecule has 1 fully saturated rings. The SMILES string of the molecule is CN(CC1CCCCN1)c1nccn(C(C)(C)C)c1=O. The Bertz CT molecular complexity index is 497. The van der Waals surface area contributed by atoms with Gasteiger partial charge in [-0.2, -0.15) is 0 Å². The van der Waals surface area contributed by atoms with Gasteiger partial charge in [0, 0.05) is 37.6 Å². The van der Waals surface area contributed by atoms with Crippen molar-refractivity contribution < 1.29 is 0 Å². The van der Waals surface area contributed by atoms with Gasteiger partial charge in [-0.1, -0.05) is 6.42 Å². The molecular weight excluding hydrogens is 252 g/mol. The van der Waals surface area contributed by atoms with E-state index in [4.69, 9.17) is 0 Å². The molecule has 1 unspecified atom stereocenters. The number of hydrogen-bond acceptors (Lipinski definition) is 4. The van der Waals surface area contributed by atoms with Gasteiger partial charge < -0.3 is 14.8 Å². The van der Waals surface area contributed by atoms with Crippen LogP contribution in [0.15, 0.2) is 17.2 Å². The number of anilines is 1. The van der Waals surface area contributed by atoms with Crippen LogP contribution in [0.5, 0.6) is 0 Å². The predicted molar refractivity (Wildman–Crippen MR) is 82.4 cm³/mol. The number of hydrogen-bond donors (Lipinski definition) is 1. The third-order valence-corrected chi connectivity index (χ3v) is 3.81. The summed E-state index contributed by atoms with van der Waals surface area (Å²) in [6.07, 6.45) is 7.16. The number of nitrogens with zero attached hydrogens (tertiary/aromatic N) is 3. The lowest BCUT2D eigenvalue weighted by molar-refractivity contribution is 0.380. The molecule has 0 saturated carbocycles. The van der Waals surface area contributed by atoms with E-state index in [0.29, 0.717) is 11.9 Å². The molecule has 5 nitrogen and oxygen atoms in total. The molecule has 112 valence electrons. The molecule has 1 aliphatic heterocycles. The Labute approximate surface area is 121 Å². The first-order valence-corrected chi connectivity index (χ1v) is 7.42. The normalized spacial score (nSPS) is 19.9. The molecule has 1 saturated heterocycles. The van der Waals surface area contributed by atoms with Crippen molar-refractivity contribution in [1.82, 2.24) is 14.9 Å². The summed E-state index contributed by atoms with van der Waals surface area (Å²) >= 11 is 0. The highest BCUT2D eigenvalue weighted by Crippen LogP contribution is 2.13. The second kappa shape index (κ2) is 5.95. The van der Waals surface area contributed by atoms with Crippen LogP contribution in [0.3, 0.4) is 0 Å². The minimum absolute atomic E-state index is 0.0155. The number of aromatic nitrogens is 2. The summed E-state index contributed by atoms with van der Waals surface area (Å²) in [7, 11) is 1.95. The van der Waals surface area contributed by atoms with Crippen molar-refractivity contribution in [2.45, 2.75) is 51.6 Å². The number of likely N-dealkylation sites (N-methyl/N-ethyl adjacent to an activating group) is 1. The molecule has 1 aromatic rings. The molecule has 0 radical (unpaired) electrons. The third-order valence-electron chi connectivity index (χ3n) is 3.81. The molecule has 1 aromatic heterocycles. The van der Waals surface area contributed by atoms with E-state index < -0.39 is 0 Å². The molecule has 0 aliphatic carbocycles. The highest BCUT2D eigenvalue weighted by molar-refractivity contribution is 5.35. The van der Waals surface area contributed by atoms with E-state index in [1.54, 1.807) is 17.0 Å². The fourth-order valence-electron chi connectivity index (χ4n) is 2.69. The molecule has 1 aliphatic rings. The van der Waals surface area contributed by atoms with E-state index in [9.17, 15) is 4.79 Å². The van der Waals surface area contributed by atoms with E-state index >= 15 is 0 Å². The van der Waals surface area contributed by atoms with Crippen LogP contribution in [0.2, 0.25) is 0 Å². The lowest BCUT2D eigenvalue weighted by Crippen LogP contribution is -2.45. The maximum atomic E-state index is 12.5. The molecule has 2 rings (SSSR count). The molecule has 2 heterocycles. The van der Waals surface area contributed by atoms with E-state index in [0.717, 1.165) is 13.1 Å². The largest absolute Gasteiger partial charge is 0.354 e. The Hall–Kier alpha value is -1.36. The summed E-state index contributed by atoms with van der Waals surface area (Å²) in [6, 6.07) is 0.457. The second-order valence-corrected chi connectivity index (χ2v) is 6.62. The zero-order valence-corrected chi connectivity index (χ0v) is 13.0. The predicted octanol–water partition coefficient (Wildman–Crippen LogP) is 1.58. The average molecular weight is 278 g/mol. The van der Waals surface area contributed by atoms with Crippen molar-refractivity contribution in [3.8, 4) is 0 Å². The minimum Gasteiger partial charge on any atom is -0.354 e. The molecule has 0 amide bonds. The Morgan fingerprint density at radius 2 is 2.20 bits per heavy atom. The molecule has 1 atom stereocenters. The molecule has 1 N–H and O–H groups in total. The number of piperidine rings is 1.